The van der Waals surface area contributed by atoms with Crippen molar-refractivity contribution in [2.75, 3.05) is 0 Å². The van der Waals surface area contributed by atoms with Gasteiger partial charge >= 0.3 is 0 Å². The zero-order chi connectivity index (χ0) is 16.3. The van der Waals surface area contributed by atoms with Crippen LogP contribution in [0.15, 0.2) is 60.7 Å². The summed E-state index contributed by atoms with van der Waals surface area (Å²) in [5.41, 5.74) is 1.87. The van der Waals surface area contributed by atoms with E-state index in [4.69, 9.17) is 12.8 Å². The highest BCUT2D eigenvalue weighted by molar-refractivity contribution is 6.33. The van der Waals surface area contributed by atoms with Gasteiger partial charge in [-0.05, 0) is 55.2 Å². The highest BCUT2D eigenvalue weighted by Crippen LogP contribution is 2.41. The SMILES string of the molecule is C#Cc1ccc2c3cccc4c(C#C)ccc(c5cccc1c52)c43. The summed E-state index contributed by atoms with van der Waals surface area (Å²) < 4.78 is 0. The van der Waals surface area contributed by atoms with Crippen molar-refractivity contribution < 1.29 is 0 Å². The van der Waals surface area contributed by atoms with Crippen molar-refractivity contribution in [3.8, 4) is 24.7 Å². The third-order valence-electron chi connectivity index (χ3n) is 4.97. The number of rotatable bonds is 0. The van der Waals surface area contributed by atoms with Crippen molar-refractivity contribution >= 4 is 43.1 Å². The summed E-state index contributed by atoms with van der Waals surface area (Å²) in [6.45, 7) is 0. The molecule has 5 aromatic rings. The van der Waals surface area contributed by atoms with Gasteiger partial charge in [-0.3, -0.25) is 0 Å². The largest absolute Gasteiger partial charge is 0.115 e. The van der Waals surface area contributed by atoms with Crippen molar-refractivity contribution in [2.24, 2.45) is 0 Å². The van der Waals surface area contributed by atoms with Crippen LogP contribution in [0.5, 0.6) is 0 Å². The molecule has 0 saturated heterocycles. The molecule has 0 saturated carbocycles. The average Bonchev–Trinajstić information content (AvgIpc) is 2.65. The van der Waals surface area contributed by atoms with E-state index in [1.807, 2.05) is 12.1 Å². The Balaban J connectivity index is 2.22. The lowest BCUT2D eigenvalue weighted by Gasteiger charge is -2.15. The van der Waals surface area contributed by atoms with Crippen molar-refractivity contribution in [3.05, 3.63) is 71.8 Å². The molecular formula is C24H12. The van der Waals surface area contributed by atoms with Crippen LogP contribution >= 0.6 is 0 Å². The molecule has 0 aliphatic carbocycles. The van der Waals surface area contributed by atoms with Gasteiger partial charge < -0.3 is 0 Å². The van der Waals surface area contributed by atoms with Crippen molar-refractivity contribution in [1.82, 2.24) is 0 Å². The quantitative estimate of drug-likeness (QED) is 0.195. The number of benzene rings is 5. The molecular weight excluding hydrogens is 288 g/mol. The van der Waals surface area contributed by atoms with Crippen LogP contribution in [0.2, 0.25) is 0 Å². The van der Waals surface area contributed by atoms with Crippen LogP contribution in [0.4, 0.5) is 0 Å². The van der Waals surface area contributed by atoms with Crippen LogP contribution in [0.3, 0.4) is 0 Å². The molecule has 0 bridgehead atoms. The summed E-state index contributed by atoms with van der Waals surface area (Å²) in [6.07, 6.45) is 11.4. The van der Waals surface area contributed by atoms with E-state index in [2.05, 4.69) is 60.4 Å². The Morgan fingerprint density at radius 2 is 0.833 bits per heavy atom. The molecule has 0 heteroatoms. The standard InChI is InChI=1S/C24H12/c1-3-15-11-13-21-20-10-6-8-18-16(4-2)12-14-22(24(18)20)19-9-5-7-17(15)23(19)21/h1-2,5-14H. The van der Waals surface area contributed by atoms with E-state index < -0.39 is 0 Å². The van der Waals surface area contributed by atoms with Gasteiger partial charge in [-0.25, -0.2) is 0 Å². The Hall–Kier alpha value is -3.48. The molecule has 0 amide bonds. The molecule has 5 aromatic carbocycles. The van der Waals surface area contributed by atoms with E-state index in [1.54, 1.807) is 0 Å². The average molecular weight is 300 g/mol. The van der Waals surface area contributed by atoms with Gasteiger partial charge in [0.25, 0.3) is 0 Å². The fourth-order valence-corrected chi connectivity index (χ4v) is 3.96. The van der Waals surface area contributed by atoms with Crippen LogP contribution in [0, 0.1) is 24.7 Å². The minimum atomic E-state index is 0.937. The first kappa shape index (κ1) is 13.0. The predicted molar refractivity (Wildman–Crippen MR) is 104 cm³/mol. The zero-order valence-corrected chi connectivity index (χ0v) is 12.9. The maximum Gasteiger partial charge on any atom is 0.0321 e. The van der Waals surface area contributed by atoms with E-state index in [0.29, 0.717) is 0 Å². The lowest BCUT2D eigenvalue weighted by molar-refractivity contribution is 1.73. The number of hydrogen-bond acceptors (Lipinski definition) is 0. The van der Waals surface area contributed by atoms with Gasteiger partial charge in [0.05, 0.1) is 0 Å². The molecule has 0 N–H and O–H groups in total. The lowest BCUT2D eigenvalue weighted by Crippen LogP contribution is -1.90. The van der Waals surface area contributed by atoms with Gasteiger partial charge in [0.1, 0.15) is 0 Å². The van der Waals surface area contributed by atoms with Crippen LogP contribution in [-0.2, 0) is 0 Å². The van der Waals surface area contributed by atoms with Gasteiger partial charge in [-0.15, -0.1) is 12.8 Å². The fourth-order valence-electron chi connectivity index (χ4n) is 3.96. The summed E-state index contributed by atoms with van der Waals surface area (Å²) in [4.78, 5) is 0. The van der Waals surface area contributed by atoms with E-state index >= 15 is 0 Å². The Labute approximate surface area is 140 Å². The fraction of sp³-hybridized carbons (Fsp3) is 0. The Morgan fingerprint density at radius 3 is 1.25 bits per heavy atom. The molecule has 0 atom stereocenters. The molecule has 0 aromatic heterocycles. The molecule has 0 aliphatic rings. The minimum Gasteiger partial charge on any atom is -0.115 e. The third-order valence-corrected chi connectivity index (χ3v) is 4.97. The molecule has 0 radical (unpaired) electrons. The first-order chi connectivity index (χ1) is 11.8. The Morgan fingerprint density at radius 1 is 0.458 bits per heavy atom. The van der Waals surface area contributed by atoms with E-state index in [0.717, 1.165) is 21.9 Å². The zero-order valence-electron chi connectivity index (χ0n) is 12.9. The summed E-state index contributed by atoms with van der Waals surface area (Å²) >= 11 is 0. The van der Waals surface area contributed by atoms with E-state index in [9.17, 15) is 0 Å². The smallest absolute Gasteiger partial charge is 0.0321 e. The number of terminal acetylenes is 2. The number of hydrogen-bond donors (Lipinski definition) is 0. The molecule has 0 nitrogen and oxygen atoms in total. The Kier molecular flexibility index (Phi) is 2.44. The monoisotopic (exact) mass is 300 g/mol. The first-order valence-corrected chi connectivity index (χ1v) is 7.89. The van der Waals surface area contributed by atoms with Crippen molar-refractivity contribution in [1.29, 1.82) is 0 Å². The summed E-state index contributed by atoms with van der Waals surface area (Å²) in [7, 11) is 0. The topological polar surface area (TPSA) is 0 Å². The summed E-state index contributed by atoms with van der Waals surface area (Å²) in [6, 6.07) is 21.1. The lowest BCUT2D eigenvalue weighted by atomic mass is 9.87. The first-order valence-electron chi connectivity index (χ1n) is 7.89. The van der Waals surface area contributed by atoms with Crippen LogP contribution in [0.1, 0.15) is 11.1 Å². The molecule has 108 valence electrons. The van der Waals surface area contributed by atoms with Crippen molar-refractivity contribution in [2.45, 2.75) is 0 Å². The van der Waals surface area contributed by atoms with E-state index in [-0.39, 0.29) is 0 Å². The molecule has 0 heterocycles. The maximum atomic E-state index is 5.71. The second-order valence-corrected chi connectivity index (χ2v) is 6.07. The van der Waals surface area contributed by atoms with Crippen LogP contribution < -0.4 is 0 Å². The highest BCUT2D eigenvalue weighted by Gasteiger charge is 2.14. The molecule has 5 rings (SSSR count). The van der Waals surface area contributed by atoms with Gasteiger partial charge in [-0.1, -0.05) is 60.4 Å². The summed E-state index contributed by atoms with van der Waals surface area (Å²) in [5.74, 6) is 5.63. The second kappa shape index (κ2) is 4.51. The molecule has 24 heavy (non-hydrogen) atoms. The van der Waals surface area contributed by atoms with Crippen LogP contribution in [-0.4, -0.2) is 0 Å². The van der Waals surface area contributed by atoms with Gasteiger partial charge in [-0.2, -0.15) is 0 Å². The van der Waals surface area contributed by atoms with E-state index in [1.165, 1.54) is 32.3 Å². The normalized spacial score (nSPS) is 11.2. The summed E-state index contributed by atoms with van der Waals surface area (Å²) in [5, 5.41) is 9.66. The molecule has 0 unspecified atom stereocenters. The van der Waals surface area contributed by atoms with Gasteiger partial charge in [0.15, 0.2) is 0 Å². The van der Waals surface area contributed by atoms with Crippen molar-refractivity contribution in [3.63, 3.8) is 0 Å². The highest BCUT2D eigenvalue weighted by atomic mass is 14.2. The molecule has 0 aliphatic heterocycles. The molecule has 0 fully saturated rings. The minimum absolute atomic E-state index is 0.937. The predicted octanol–water partition coefficient (Wildman–Crippen LogP) is 5.70. The number of fused-ring (bicyclic) bond motifs is 2. The van der Waals surface area contributed by atoms with Gasteiger partial charge in [0, 0.05) is 11.1 Å². The third kappa shape index (κ3) is 1.45. The second-order valence-electron chi connectivity index (χ2n) is 6.07. The van der Waals surface area contributed by atoms with Crippen LogP contribution in [0.25, 0.3) is 43.1 Å². The maximum absolute atomic E-state index is 5.71. The molecule has 0 spiro atoms. The van der Waals surface area contributed by atoms with Gasteiger partial charge in [0.2, 0.25) is 0 Å². The Bertz CT molecular complexity index is 1230.